The van der Waals surface area contributed by atoms with Gasteiger partial charge in [0.05, 0.1) is 5.52 Å². The molecule has 2 nitrogen and oxygen atoms in total. The summed E-state index contributed by atoms with van der Waals surface area (Å²) in [6.07, 6.45) is 5.21. The molecule has 0 amide bonds. The summed E-state index contributed by atoms with van der Waals surface area (Å²) < 4.78 is 0. The van der Waals surface area contributed by atoms with Gasteiger partial charge in [0.2, 0.25) is 0 Å². The van der Waals surface area contributed by atoms with Crippen molar-refractivity contribution in [1.29, 1.82) is 0 Å². The predicted octanol–water partition coefficient (Wildman–Crippen LogP) is 4.60. The van der Waals surface area contributed by atoms with E-state index in [0.717, 1.165) is 17.8 Å². The fraction of sp³-hybridized carbons (Fsp3) is 0.500. The van der Waals surface area contributed by atoms with E-state index in [4.69, 9.17) is 0 Å². The lowest BCUT2D eigenvalue weighted by Crippen LogP contribution is -2.25. The minimum Gasteiger partial charge on any atom is -0.310 e. The van der Waals surface area contributed by atoms with Crippen molar-refractivity contribution in [1.82, 2.24) is 10.3 Å². The molecule has 1 aromatic heterocycles. The molecule has 20 heavy (non-hydrogen) atoms. The first-order valence-corrected chi connectivity index (χ1v) is 7.79. The van der Waals surface area contributed by atoms with Gasteiger partial charge in [-0.15, -0.1) is 0 Å². The predicted molar refractivity (Wildman–Crippen MR) is 86.9 cm³/mol. The Morgan fingerprint density at radius 2 is 2.00 bits per heavy atom. The molecule has 0 radical (unpaired) electrons. The van der Waals surface area contributed by atoms with Gasteiger partial charge in [0.25, 0.3) is 0 Å². The molecule has 0 saturated heterocycles. The lowest BCUT2D eigenvalue weighted by Gasteiger charge is -2.15. The molecule has 2 heteroatoms. The molecule has 0 spiro atoms. The number of fused-ring (bicyclic) bond motifs is 1. The lowest BCUT2D eigenvalue weighted by atomic mass is 10.1. The standard InChI is InChI=1S/C18H26N2/c1-4-5-6-9-14(2)19-13-16-12-15(3)20-18-11-8-7-10-17(16)18/h7-8,10-12,14,19H,4-6,9,13H2,1-3H3. The molecular weight excluding hydrogens is 244 g/mol. The Kier molecular flexibility index (Phi) is 5.54. The number of hydrogen-bond acceptors (Lipinski definition) is 2. The minimum atomic E-state index is 0.578. The molecule has 2 rings (SSSR count). The van der Waals surface area contributed by atoms with Gasteiger partial charge in [-0.2, -0.15) is 0 Å². The van der Waals surface area contributed by atoms with Crippen molar-refractivity contribution >= 4 is 10.9 Å². The summed E-state index contributed by atoms with van der Waals surface area (Å²) in [6.45, 7) is 7.54. The number of benzene rings is 1. The second-order valence-electron chi connectivity index (χ2n) is 5.72. The van der Waals surface area contributed by atoms with Gasteiger partial charge in [0.1, 0.15) is 0 Å². The topological polar surface area (TPSA) is 24.9 Å². The summed E-state index contributed by atoms with van der Waals surface area (Å²) in [4.78, 5) is 4.60. The van der Waals surface area contributed by atoms with Crippen molar-refractivity contribution in [3.05, 3.63) is 41.6 Å². The first kappa shape index (κ1) is 15.0. The van der Waals surface area contributed by atoms with E-state index in [-0.39, 0.29) is 0 Å². The monoisotopic (exact) mass is 270 g/mol. The number of aromatic nitrogens is 1. The fourth-order valence-electron chi connectivity index (χ4n) is 2.63. The van der Waals surface area contributed by atoms with Crippen molar-refractivity contribution in [2.24, 2.45) is 0 Å². The summed E-state index contributed by atoms with van der Waals surface area (Å²) in [7, 11) is 0. The van der Waals surface area contributed by atoms with Gasteiger partial charge in [-0.1, -0.05) is 44.4 Å². The zero-order valence-electron chi connectivity index (χ0n) is 12.9. The largest absolute Gasteiger partial charge is 0.310 e. The summed E-state index contributed by atoms with van der Waals surface area (Å²) in [5.41, 5.74) is 3.55. The van der Waals surface area contributed by atoms with E-state index in [2.05, 4.69) is 61.4 Å². The van der Waals surface area contributed by atoms with Crippen LogP contribution in [0.5, 0.6) is 0 Å². The summed E-state index contributed by atoms with van der Waals surface area (Å²) >= 11 is 0. The number of hydrogen-bond donors (Lipinski definition) is 1. The summed E-state index contributed by atoms with van der Waals surface area (Å²) in [6, 6.07) is 11.2. The number of para-hydroxylation sites is 1. The van der Waals surface area contributed by atoms with Crippen LogP contribution in [0.3, 0.4) is 0 Å². The zero-order chi connectivity index (χ0) is 14.4. The lowest BCUT2D eigenvalue weighted by molar-refractivity contribution is 0.488. The Bertz CT molecular complexity index is 548. The number of nitrogens with zero attached hydrogens (tertiary/aromatic N) is 1. The van der Waals surface area contributed by atoms with Crippen molar-refractivity contribution < 1.29 is 0 Å². The van der Waals surface area contributed by atoms with E-state index in [9.17, 15) is 0 Å². The maximum Gasteiger partial charge on any atom is 0.0708 e. The maximum absolute atomic E-state index is 4.60. The van der Waals surface area contributed by atoms with Crippen LogP contribution < -0.4 is 5.32 Å². The molecular formula is C18H26N2. The van der Waals surface area contributed by atoms with Crippen LogP contribution in [0.25, 0.3) is 10.9 Å². The SMILES string of the molecule is CCCCCC(C)NCc1cc(C)nc2ccccc12. The van der Waals surface area contributed by atoms with Crippen molar-refractivity contribution in [3.63, 3.8) is 0 Å². The van der Waals surface area contributed by atoms with Crippen LogP contribution in [-0.4, -0.2) is 11.0 Å². The minimum absolute atomic E-state index is 0.578. The van der Waals surface area contributed by atoms with Gasteiger partial charge in [-0.25, -0.2) is 0 Å². The molecule has 0 fully saturated rings. The second-order valence-corrected chi connectivity index (χ2v) is 5.72. The molecule has 0 aliphatic rings. The van der Waals surface area contributed by atoms with E-state index < -0.39 is 0 Å². The third-order valence-electron chi connectivity index (χ3n) is 3.81. The molecule has 1 atom stereocenters. The van der Waals surface area contributed by atoms with E-state index in [1.54, 1.807) is 0 Å². The molecule has 0 aliphatic carbocycles. The zero-order valence-corrected chi connectivity index (χ0v) is 12.9. The van der Waals surface area contributed by atoms with Crippen molar-refractivity contribution in [3.8, 4) is 0 Å². The number of aryl methyl sites for hydroxylation is 1. The first-order valence-electron chi connectivity index (χ1n) is 7.79. The van der Waals surface area contributed by atoms with Crippen LogP contribution in [0.1, 0.15) is 50.8 Å². The van der Waals surface area contributed by atoms with Gasteiger partial charge in [0, 0.05) is 23.7 Å². The van der Waals surface area contributed by atoms with Crippen LogP contribution in [0.15, 0.2) is 30.3 Å². The molecule has 0 aliphatic heterocycles. The van der Waals surface area contributed by atoms with Crippen molar-refractivity contribution in [2.75, 3.05) is 0 Å². The third-order valence-corrected chi connectivity index (χ3v) is 3.81. The highest BCUT2D eigenvalue weighted by atomic mass is 14.9. The second kappa shape index (κ2) is 7.39. The van der Waals surface area contributed by atoms with Crippen LogP contribution >= 0.6 is 0 Å². The van der Waals surface area contributed by atoms with Crippen LogP contribution in [0.4, 0.5) is 0 Å². The van der Waals surface area contributed by atoms with E-state index in [0.29, 0.717) is 6.04 Å². The molecule has 2 aromatic rings. The summed E-state index contributed by atoms with van der Waals surface area (Å²) in [5.74, 6) is 0. The average Bonchev–Trinajstić information content (AvgIpc) is 2.45. The Morgan fingerprint density at radius 1 is 1.20 bits per heavy atom. The summed E-state index contributed by atoms with van der Waals surface area (Å²) in [5, 5.41) is 4.92. The van der Waals surface area contributed by atoms with Crippen LogP contribution in [0, 0.1) is 6.92 Å². The Labute approximate surface area is 122 Å². The molecule has 1 unspecified atom stereocenters. The third kappa shape index (κ3) is 4.04. The van der Waals surface area contributed by atoms with E-state index >= 15 is 0 Å². The Morgan fingerprint density at radius 3 is 2.80 bits per heavy atom. The highest BCUT2D eigenvalue weighted by molar-refractivity contribution is 5.82. The number of unbranched alkanes of at least 4 members (excludes halogenated alkanes) is 2. The molecule has 1 heterocycles. The average molecular weight is 270 g/mol. The van der Waals surface area contributed by atoms with Crippen LogP contribution in [0.2, 0.25) is 0 Å². The molecule has 1 N–H and O–H groups in total. The normalized spacial score (nSPS) is 12.8. The van der Waals surface area contributed by atoms with E-state index in [1.807, 2.05) is 0 Å². The molecule has 1 aromatic carbocycles. The number of nitrogens with one attached hydrogen (secondary N) is 1. The highest BCUT2D eigenvalue weighted by Gasteiger charge is 2.06. The van der Waals surface area contributed by atoms with E-state index in [1.165, 1.54) is 36.6 Å². The Hall–Kier alpha value is -1.41. The van der Waals surface area contributed by atoms with Crippen LogP contribution in [-0.2, 0) is 6.54 Å². The van der Waals surface area contributed by atoms with Gasteiger partial charge in [-0.05, 0) is 38.0 Å². The van der Waals surface area contributed by atoms with Gasteiger partial charge < -0.3 is 5.32 Å². The molecule has 0 saturated carbocycles. The quantitative estimate of drug-likeness (QED) is 0.744. The maximum atomic E-state index is 4.60. The fourth-order valence-corrected chi connectivity index (χ4v) is 2.63. The van der Waals surface area contributed by atoms with Gasteiger partial charge in [-0.3, -0.25) is 4.98 Å². The number of rotatable bonds is 7. The van der Waals surface area contributed by atoms with Gasteiger partial charge in [0.15, 0.2) is 0 Å². The first-order chi connectivity index (χ1) is 9.70. The Balaban J connectivity index is 2.02. The van der Waals surface area contributed by atoms with Crippen molar-refractivity contribution in [2.45, 2.75) is 59.0 Å². The molecule has 108 valence electrons. The van der Waals surface area contributed by atoms with Gasteiger partial charge >= 0.3 is 0 Å². The number of pyridine rings is 1. The smallest absolute Gasteiger partial charge is 0.0708 e. The molecule has 0 bridgehead atoms. The highest BCUT2D eigenvalue weighted by Crippen LogP contribution is 2.18.